The standard InChI is InChI=1S/C6H12N2OS/c1-5-3-6(4-9)8(2)10-7-5/h4-7H,3H2,1-2H3. The first-order valence-corrected chi connectivity index (χ1v) is 4.12. The van der Waals surface area contributed by atoms with Crippen molar-refractivity contribution in [2.75, 3.05) is 7.05 Å². The molecule has 0 aromatic rings. The van der Waals surface area contributed by atoms with Gasteiger partial charge in [-0.05, 0) is 20.4 Å². The Labute approximate surface area is 65.4 Å². The number of nitrogens with one attached hydrogen (secondary N) is 1. The van der Waals surface area contributed by atoms with Crippen molar-refractivity contribution in [3.05, 3.63) is 0 Å². The van der Waals surface area contributed by atoms with E-state index in [4.69, 9.17) is 0 Å². The number of aldehydes is 1. The summed E-state index contributed by atoms with van der Waals surface area (Å²) in [5, 5.41) is 0. The lowest BCUT2D eigenvalue weighted by atomic mass is 10.1. The fraction of sp³-hybridized carbons (Fsp3) is 0.833. The van der Waals surface area contributed by atoms with Gasteiger partial charge in [0.05, 0.1) is 6.04 Å². The normalized spacial score (nSPS) is 35.8. The minimum absolute atomic E-state index is 0.0845. The molecule has 0 bridgehead atoms. The molecule has 0 aliphatic carbocycles. The van der Waals surface area contributed by atoms with Crippen molar-refractivity contribution in [3.8, 4) is 0 Å². The van der Waals surface area contributed by atoms with Crippen LogP contribution in [0.4, 0.5) is 0 Å². The Bertz CT molecular complexity index is 131. The monoisotopic (exact) mass is 160 g/mol. The zero-order valence-electron chi connectivity index (χ0n) is 6.20. The molecule has 2 unspecified atom stereocenters. The van der Waals surface area contributed by atoms with Crippen molar-refractivity contribution >= 4 is 18.4 Å². The topological polar surface area (TPSA) is 32.3 Å². The number of hydrogen-bond donors (Lipinski definition) is 1. The fourth-order valence-corrected chi connectivity index (χ4v) is 1.65. The molecule has 0 aromatic heterocycles. The summed E-state index contributed by atoms with van der Waals surface area (Å²) >= 11 is 1.51. The fourth-order valence-electron chi connectivity index (χ4n) is 0.941. The number of carbonyl (C=O) groups is 1. The molecular formula is C6H12N2OS. The summed E-state index contributed by atoms with van der Waals surface area (Å²) in [6.07, 6.45) is 1.91. The van der Waals surface area contributed by atoms with Gasteiger partial charge in [-0.1, -0.05) is 0 Å². The second-order valence-electron chi connectivity index (χ2n) is 2.60. The highest BCUT2D eigenvalue weighted by molar-refractivity contribution is 7.95. The molecule has 2 atom stereocenters. The van der Waals surface area contributed by atoms with E-state index in [-0.39, 0.29) is 6.04 Å². The molecule has 0 amide bonds. The Morgan fingerprint density at radius 2 is 2.50 bits per heavy atom. The molecule has 10 heavy (non-hydrogen) atoms. The molecule has 1 fully saturated rings. The molecule has 58 valence electrons. The summed E-state index contributed by atoms with van der Waals surface area (Å²) < 4.78 is 5.12. The van der Waals surface area contributed by atoms with E-state index in [0.717, 1.165) is 12.7 Å². The molecule has 4 heteroatoms. The summed E-state index contributed by atoms with van der Waals surface area (Å²) in [5.41, 5.74) is 0. The van der Waals surface area contributed by atoms with Crippen LogP contribution >= 0.6 is 12.1 Å². The van der Waals surface area contributed by atoms with Gasteiger partial charge < -0.3 is 4.79 Å². The van der Waals surface area contributed by atoms with Gasteiger partial charge in [-0.2, -0.15) is 0 Å². The molecular weight excluding hydrogens is 148 g/mol. The minimum Gasteiger partial charge on any atom is -0.302 e. The third-order valence-electron chi connectivity index (χ3n) is 1.62. The van der Waals surface area contributed by atoms with Gasteiger partial charge in [0.25, 0.3) is 0 Å². The average molecular weight is 160 g/mol. The van der Waals surface area contributed by atoms with Crippen molar-refractivity contribution in [2.24, 2.45) is 0 Å². The number of hydrogen-bond acceptors (Lipinski definition) is 4. The molecule has 0 saturated carbocycles. The van der Waals surface area contributed by atoms with E-state index in [1.165, 1.54) is 12.1 Å². The van der Waals surface area contributed by atoms with Gasteiger partial charge in [0.15, 0.2) is 0 Å². The van der Waals surface area contributed by atoms with Gasteiger partial charge in [0, 0.05) is 18.2 Å². The second kappa shape index (κ2) is 3.37. The lowest BCUT2D eigenvalue weighted by Crippen LogP contribution is -2.42. The van der Waals surface area contributed by atoms with Crippen LogP contribution in [0, 0.1) is 0 Å². The molecule has 1 N–H and O–H groups in total. The zero-order valence-corrected chi connectivity index (χ0v) is 7.02. The molecule has 0 aromatic carbocycles. The summed E-state index contributed by atoms with van der Waals surface area (Å²) in [7, 11) is 1.92. The van der Waals surface area contributed by atoms with Crippen LogP contribution < -0.4 is 4.72 Å². The van der Waals surface area contributed by atoms with Crippen LogP contribution in [0.25, 0.3) is 0 Å². The Balaban J connectivity index is 2.45. The molecule has 1 aliphatic rings. The predicted octanol–water partition coefficient (Wildman–Crippen LogP) is 0.431. The van der Waals surface area contributed by atoms with Gasteiger partial charge in [-0.25, -0.2) is 9.03 Å². The summed E-state index contributed by atoms with van der Waals surface area (Å²) in [6, 6.07) is 0.526. The zero-order chi connectivity index (χ0) is 7.56. The summed E-state index contributed by atoms with van der Waals surface area (Å²) in [4.78, 5) is 10.4. The van der Waals surface area contributed by atoms with Gasteiger partial charge in [-0.3, -0.25) is 0 Å². The van der Waals surface area contributed by atoms with E-state index in [1.54, 1.807) is 0 Å². The molecule has 1 rings (SSSR count). The van der Waals surface area contributed by atoms with Crippen molar-refractivity contribution in [1.29, 1.82) is 0 Å². The summed E-state index contributed by atoms with van der Waals surface area (Å²) in [5.74, 6) is 0. The Morgan fingerprint density at radius 3 is 3.00 bits per heavy atom. The van der Waals surface area contributed by atoms with Crippen molar-refractivity contribution in [2.45, 2.75) is 25.4 Å². The molecule has 1 saturated heterocycles. The Hall–Kier alpha value is -0.0600. The van der Waals surface area contributed by atoms with Crippen LogP contribution in [0.3, 0.4) is 0 Å². The highest BCUT2D eigenvalue weighted by Crippen LogP contribution is 2.18. The van der Waals surface area contributed by atoms with Crippen LogP contribution in [0.2, 0.25) is 0 Å². The molecule has 0 radical (unpaired) electrons. The van der Waals surface area contributed by atoms with Gasteiger partial charge in [-0.15, -0.1) is 0 Å². The molecule has 1 heterocycles. The largest absolute Gasteiger partial charge is 0.302 e. The highest BCUT2D eigenvalue weighted by atomic mass is 32.2. The van der Waals surface area contributed by atoms with Gasteiger partial charge >= 0.3 is 0 Å². The van der Waals surface area contributed by atoms with E-state index in [1.807, 2.05) is 11.4 Å². The van der Waals surface area contributed by atoms with Crippen LogP contribution in [0.1, 0.15) is 13.3 Å². The Kier molecular flexibility index (Phi) is 2.71. The third-order valence-corrected chi connectivity index (χ3v) is 2.68. The van der Waals surface area contributed by atoms with Crippen LogP contribution in [0.15, 0.2) is 0 Å². The predicted molar refractivity (Wildman–Crippen MR) is 42.4 cm³/mol. The number of rotatable bonds is 1. The Morgan fingerprint density at radius 1 is 1.80 bits per heavy atom. The summed E-state index contributed by atoms with van der Waals surface area (Å²) in [6.45, 7) is 2.08. The van der Waals surface area contributed by atoms with Gasteiger partial charge in [0.1, 0.15) is 6.29 Å². The van der Waals surface area contributed by atoms with E-state index in [2.05, 4.69) is 11.6 Å². The van der Waals surface area contributed by atoms with Gasteiger partial charge in [0.2, 0.25) is 0 Å². The van der Waals surface area contributed by atoms with Crippen LogP contribution in [-0.4, -0.2) is 29.7 Å². The SMILES string of the molecule is CC1CC(C=O)N(C)SN1. The lowest BCUT2D eigenvalue weighted by Gasteiger charge is -2.31. The van der Waals surface area contributed by atoms with Crippen molar-refractivity contribution < 1.29 is 4.79 Å². The van der Waals surface area contributed by atoms with E-state index in [9.17, 15) is 4.79 Å². The van der Waals surface area contributed by atoms with E-state index >= 15 is 0 Å². The maximum absolute atomic E-state index is 10.4. The van der Waals surface area contributed by atoms with Crippen molar-refractivity contribution in [1.82, 2.24) is 9.03 Å². The quantitative estimate of drug-likeness (QED) is 0.445. The maximum Gasteiger partial charge on any atom is 0.138 e. The number of carbonyl (C=O) groups excluding carboxylic acids is 1. The second-order valence-corrected chi connectivity index (χ2v) is 3.59. The van der Waals surface area contributed by atoms with Crippen LogP contribution in [0.5, 0.6) is 0 Å². The average Bonchev–Trinajstić information content (AvgIpc) is 1.94. The highest BCUT2D eigenvalue weighted by Gasteiger charge is 2.22. The van der Waals surface area contributed by atoms with E-state index in [0.29, 0.717) is 6.04 Å². The maximum atomic E-state index is 10.4. The van der Waals surface area contributed by atoms with Crippen molar-refractivity contribution in [3.63, 3.8) is 0 Å². The minimum atomic E-state index is 0.0845. The smallest absolute Gasteiger partial charge is 0.138 e. The van der Waals surface area contributed by atoms with Crippen LogP contribution in [-0.2, 0) is 4.79 Å². The molecule has 0 spiro atoms. The first-order valence-electron chi connectivity index (χ1n) is 3.34. The number of likely N-dealkylation sites (N-methyl/N-ethyl adjacent to an activating group) is 1. The first kappa shape index (κ1) is 8.04. The third kappa shape index (κ3) is 1.71. The van der Waals surface area contributed by atoms with E-state index < -0.39 is 0 Å². The number of nitrogens with zero attached hydrogens (tertiary/aromatic N) is 1. The molecule has 3 nitrogen and oxygen atoms in total. The first-order chi connectivity index (χ1) is 4.74. The molecule has 1 aliphatic heterocycles. The lowest BCUT2D eigenvalue weighted by molar-refractivity contribution is -0.111.